The Kier molecular flexibility index (Phi) is 4.90. The fourth-order valence-electron chi connectivity index (χ4n) is 0.873. The topological polar surface area (TPSA) is 52.5 Å². The lowest BCUT2D eigenvalue weighted by molar-refractivity contribution is 0.0943. The van der Waals surface area contributed by atoms with Gasteiger partial charge < -0.3 is 15.5 Å². The molecular weight excluding hydrogens is 254 g/mol. The van der Waals surface area contributed by atoms with E-state index in [1.807, 2.05) is 11.4 Å². The first kappa shape index (κ1) is 11.1. The Hall–Kier alpha value is 0.0600. The molecule has 1 rings (SSSR count). The number of halogens is 1. The van der Waals surface area contributed by atoms with Gasteiger partial charge in [-0.3, -0.25) is 0 Å². The molecule has 0 bridgehead atoms. The van der Waals surface area contributed by atoms with Crippen molar-refractivity contribution in [2.75, 3.05) is 13.2 Å². The summed E-state index contributed by atoms with van der Waals surface area (Å²) in [7, 11) is 0. The summed E-state index contributed by atoms with van der Waals surface area (Å²) in [5, 5.41) is 22.6. The van der Waals surface area contributed by atoms with E-state index in [0.29, 0.717) is 6.54 Å². The van der Waals surface area contributed by atoms with Gasteiger partial charge in [0, 0.05) is 27.8 Å². The van der Waals surface area contributed by atoms with Crippen LogP contribution in [0.15, 0.2) is 15.9 Å². The zero-order valence-electron chi connectivity index (χ0n) is 7.03. The molecule has 0 aliphatic rings. The van der Waals surface area contributed by atoms with Crippen LogP contribution in [0, 0.1) is 0 Å². The zero-order chi connectivity index (χ0) is 9.68. The lowest BCUT2D eigenvalue weighted by Crippen LogP contribution is -2.28. The number of aliphatic hydroxyl groups excluding tert-OH is 2. The average molecular weight is 266 g/mol. The molecule has 3 nitrogen and oxygen atoms in total. The molecule has 1 aromatic heterocycles. The highest BCUT2D eigenvalue weighted by Crippen LogP contribution is 2.19. The maximum atomic E-state index is 9.02. The van der Waals surface area contributed by atoms with E-state index in [4.69, 9.17) is 10.2 Å². The van der Waals surface area contributed by atoms with Gasteiger partial charge in [-0.25, -0.2) is 0 Å². The van der Waals surface area contributed by atoms with E-state index >= 15 is 0 Å². The van der Waals surface area contributed by atoms with Gasteiger partial charge in [0.2, 0.25) is 0 Å². The molecule has 0 saturated heterocycles. The van der Waals surface area contributed by atoms with Gasteiger partial charge >= 0.3 is 0 Å². The van der Waals surface area contributed by atoms with Gasteiger partial charge in [-0.15, -0.1) is 11.3 Å². The standard InChI is InChI=1S/C8H12BrNO2S/c9-6-1-8(13-5-6)3-10-2-7(12)4-11/h1,5,7,10-12H,2-4H2/t7-/m0/s1. The number of thiophene rings is 1. The van der Waals surface area contributed by atoms with Crippen LogP contribution in [0.1, 0.15) is 4.88 Å². The predicted molar refractivity (Wildman–Crippen MR) is 56.8 cm³/mol. The van der Waals surface area contributed by atoms with Crippen molar-refractivity contribution in [2.24, 2.45) is 0 Å². The van der Waals surface area contributed by atoms with E-state index in [-0.39, 0.29) is 6.61 Å². The fourth-order valence-corrected chi connectivity index (χ4v) is 2.29. The van der Waals surface area contributed by atoms with Crippen LogP contribution in [0.5, 0.6) is 0 Å². The minimum atomic E-state index is -0.664. The first-order valence-electron chi connectivity index (χ1n) is 3.95. The van der Waals surface area contributed by atoms with Gasteiger partial charge in [-0.2, -0.15) is 0 Å². The average Bonchev–Trinajstić information content (AvgIpc) is 2.51. The van der Waals surface area contributed by atoms with Crippen molar-refractivity contribution >= 4 is 27.3 Å². The molecule has 0 fully saturated rings. The molecule has 0 aliphatic heterocycles. The molecule has 1 heterocycles. The molecule has 0 radical (unpaired) electrons. The summed E-state index contributed by atoms with van der Waals surface area (Å²) in [4.78, 5) is 1.21. The maximum absolute atomic E-state index is 9.02. The molecule has 0 saturated carbocycles. The maximum Gasteiger partial charge on any atom is 0.0895 e. The molecule has 74 valence electrons. The minimum Gasteiger partial charge on any atom is -0.394 e. The summed E-state index contributed by atoms with van der Waals surface area (Å²) in [6, 6.07) is 2.03. The largest absolute Gasteiger partial charge is 0.394 e. The van der Waals surface area contributed by atoms with Gasteiger partial charge in [-0.1, -0.05) is 0 Å². The van der Waals surface area contributed by atoms with Gasteiger partial charge in [-0.05, 0) is 22.0 Å². The van der Waals surface area contributed by atoms with E-state index in [1.54, 1.807) is 11.3 Å². The number of nitrogens with one attached hydrogen (secondary N) is 1. The third kappa shape index (κ3) is 4.19. The molecule has 0 aromatic carbocycles. The summed E-state index contributed by atoms with van der Waals surface area (Å²) in [5.41, 5.74) is 0. The van der Waals surface area contributed by atoms with Gasteiger partial charge in [0.25, 0.3) is 0 Å². The number of rotatable bonds is 5. The highest BCUT2D eigenvalue weighted by atomic mass is 79.9. The second-order valence-electron chi connectivity index (χ2n) is 2.70. The lowest BCUT2D eigenvalue weighted by Gasteiger charge is -2.07. The van der Waals surface area contributed by atoms with Gasteiger partial charge in [0.05, 0.1) is 12.7 Å². The normalized spacial score (nSPS) is 13.2. The first-order chi connectivity index (χ1) is 6.22. The van der Waals surface area contributed by atoms with Crippen LogP contribution in [-0.4, -0.2) is 29.5 Å². The van der Waals surface area contributed by atoms with Crippen LogP contribution in [0.4, 0.5) is 0 Å². The molecule has 1 atom stereocenters. The smallest absolute Gasteiger partial charge is 0.0895 e. The number of hydrogen-bond donors (Lipinski definition) is 3. The summed E-state index contributed by atoms with van der Waals surface area (Å²) < 4.78 is 1.08. The summed E-state index contributed by atoms with van der Waals surface area (Å²) >= 11 is 5.02. The van der Waals surface area contributed by atoms with Crippen molar-refractivity contribution in [1.82, 2.24) is 5.32 Å². The zero-order valence-corrected chi connectivity index (χ0v) is 9.44. The van der Waals surface area contributed by atoms with Crippen molar-refractivity contribution in [3.63, 3.8) is 0 Å². The monoisotopic (exact) mass is 265 g/mol. The highest BCUT2D eigenvalue weighted by Gasteiger charge is 2.01. The van der Waals surface area contributed by atoms with E-state index in [9.17, 15) is 0 Å². The van der Waals surface area contributed by atoms with Crippen LogP contribution in [0.3, 0.4) is 0 Å². The van der Waals surface area contributed by atoms with Crippen LogP contribution in [0.25, 0.3) is 0 Å². The van der Waals surface area contributed by atoms with E-state index < -0.39 is 6.10 Å². The van der Waals surface area contributed by atoms with Crippen molar-refractivity contribution < 1.29 is 10.2 Å². The Morgan fingerprint density at radius 3 is 2.92 bits per heavy atom. The molecule has 13 heavy (non-hydrogen) atoms. The van der Waals surface area contributed by atoms with Gasteiger partial charge in [0.15, 0.2) is 0 Å². The van der Waals surface area contributed by atoms with E-state index in [2.05, 4.69) is 21.2 Å². The third-order valence-electron chi connectivity index (χ3n) is 1.51. The molecule has 0 spiro atoms. The first-order valence-corrected chi connectivity index (χ1v) is 5.62. The Balaban J connectivity index is 2.20. The molecule has 3 N–H and O–H groups in total. The number of aliphatic hydroxyl groups is 2. The summed E-state index contributed by atoms with van der Waals surface area (Å²) in [6.45, 7) is 0.959. The Bertz CT molecular complexity index is 254. The van der Waals surface area contributed by atoms with Crippen molar-refractivity contribution in [1.29, 1.82) is 0 Å². The second-order valence-corrected chi connectivity index (χ2v) is 4.61. The Morgan fingerprint density at radius 1 is 1.62 bits per heavy atom. The predicted octanol–water partition coefficient (Wildman–Crippen LogP) is 0.953. The SMILES string of the molecule is OC[C@@H](O)CNCc1cc(Br)cs1. The summed E-state index contributed by atoms with van der Waals surface area (Å²) in [5.74, 6) is 0. The Labute approximate surface area is 89.5 Å². The van der Waals surface area contributed by atoms with Crippen molar-refractivity contribution in [3.05, 3.63) is 20.8 Å². The van der Waals surface area contributed by atoms with Crippen LogP contribution < -0.4 is 5.32 Å². The summed E-state index contributed by atoms with van der Waals surface area (Å²) in [6.07, 6.45) is -0.664. The van der Waals surface area contributed by atoms with E-state index in [0.717, 1.165) is 11.0 Å². The second kappa shape index (κ2) is 5.72. The lowest BCUT2D eigenvalue weighted by atomic mass is 10.3. The van der Waals surface area contributed by atoms with Crippen molar-refractivity contribution in [2.45, 2.75) is 12.6 Å². The van der Waals surface area contributed by atoms with Crippen molar-refractivity contribution in [3.8, 4) is 0 Å². The quantitative estimate of drug-likeness (QED) is 0.744. The van der Waals surface area contributed by atoms with Crippen LogP contribution in [-0.2, 0) is 6.54 Å². The van der Waals surface area contributed by atoms with E-state index in [1.165, 1.54) is 4.88 Å². The fraction of sp³-hybridized carbons (Fsp3) is 0.500. The molecule has 0 unspecified atom stereocenters. The minimum absolute atomic E-state index is 0.193. The Morgan fingerprint density at radius 2 is 2.38 bits per heavy atom. The molecule has 1 aromatic rings. The third-order valence-corrected chi connectivity index (χ3v) is 3.21. The number of hydrogen-bond acceptors (Lipinski definition) is 4. The molecular formula is C8H12BrNO2S. The van der Waals surface area contributed by atoms with Gasteiger partial charge in [0.1, 0.15) is 0 Å². The highest BCUT2D eigenvalue weighted by molar-refractivity contribution is 9.10. The molecule has 0 aliphatic carbocycles. The molecule has 0 amide bonds. The van der Waals surface area contributed by atoms with Crippen LogP contribution in [0.2, 0.25) is 0 Å². The van der Waals surface area contributed by atoms with Crippen LogP contribution >= 0.6 is 27.3 Å². The molecule has 5 heteroatoms.